The molecule has 0 spiro atoms. The van der Waals surface area contributed by atoms with Crippen molar-refractivity contribution < 1.29 is 14.4 Å². The Labute approximate surface area is 224 Å². The highest BCUT2D eigenvalue weighted by molar-refractivity contribution is 8.02. The van der Waals surface area contributed by atoms with Crippen LogP contribution in [0.1, 0.15) is 25.7 Å². The number of rotatable bonds is 5. The van der Waals surface area contributed by atoms with Gasteiger partial charge in [-0.3, -0.25) is 19.4 Å². The number of amides is 3. The summed E-state index contributed by atoms with van der Waals surface area (Å²) < 4.78 is 0. The average Bonchev–Trinajstić information content (AvgIpc) is 3.29. The third-order valence-corrected chi connectivity index (χ3v) is 8.54. The van der Waals surface area contributed by atoms with Gasteiger partial charge in [0.25, 0.3) is 11.8 Å². The summed E-state index contributed by atoms with van der Waals surface area (Å²) in [4.78, 5) is 49.1. The van der Waals surface area contributed by atoms with E-state index in [0.29, 0.717) is 30.1 Å². The van der Waals surface area contributed by atoms with Gasteiger partial charge < -0.3 is 26.2 Å². The lowest BCUT2D eigenvalue weighted by molar-refractivity contribution is -0.127. The largest absolute Gasteiger partial charge is 0.367 e. The standard InChI is InChI=1S/C23H30ClN7O3S2/c1-25-19(32)12-3-5-14(28-22(35)20(33)30-18-6-4-13(24)10-26-18)16(9-12)27-21(34)23-29-15-7-8-31(2)11-17(15)36-23/h4,6,10,12,14,16-17,23H,3,5,7-9,11H2,1-2H3,(H,25,32)(H,27,34)(H,28,35)(H,26,30,33)/t12-,14-,16+,17?,23?/m0/s1. The summed E-state index contributed by atoms with van der Waals surface area (Å²) in [5, 5.41) is 11.7. The average molecular weight is 552 g/mol. The Balaban J connectivity index is 1.40. The molecule has 0 bridgehead atoms. The van der Waals surface area contributed by atoms with E-state index in [1.165, 1.54) is 6.20 Å². The normalized spacial score (nSPS) is 27.9. The molecule has 2 fully saturated rings. The summed E-state index contributed by atoms with van der Waals surface area (Å²) in [6.07, 6.45) is 3.91. The van der Waals surface area contributed by atoms with E-state index in [1.54, 1.807) is 30.9 Å². The second-order valence-electron chi connectivity index (χ2n) is 9.24. The second kappa shape index (κ2) is 11.8. The molecular formula is C23H30ClN7O3S2. The Hall–Kier alpha value is -2.28. The Morgan fingerprint density at radius 3 is 2.69 bits per heavy atom. The Bertz CT molecular complexity index is 1050. The fourth-order valence-corrected chi connectivity index (χ4v) is 6.42. The fraction of sp³-hybridized carbons (Fsp3) is 0.565. The van der Waals surface area contributed by atoms with Gasteiger partial charge in [0.05, 0.1) is 10.3 Å². The molecule has 1 aliphatic carbocycles. The van der Waals surface area contributed by atoms with Crippen LogP contribution in [0.2, 0.25) is 5.02 Å². The maximum absolute atomic E-state index is 13.2. The Morgan fingerprint density at radius 1 is 1.17 bits per heavy atom. The van der Waals surface area contributed by atoms with Gasteiger partial charge in [-0.2, -0.15) is 0 Å². The number of hydrogen-bond acceptors (Lipinski definition) is 8. The second-order valence-corrected chi connectivity index (χ2v) is 11.4. The van der Waals surface area contributed by atoms with Crippen molar-refractivity contribution in [1.29, 1.82) is 0 Å². The topological polar surface area (TPSA) is 128 Å². The first kappa shape index (κ1) is 26.8. The SMILES string of the molecule is CNC(=O)[C@H]1CC[C@H](NC(=S)C(=O)Nc2ccc(Cl)cn2)[C@H](NC(=O)C2N=C3CCN(C)CC3S2)C1. The monoisotopic (exact) mass is 551 g/mol. The molecule has 5 atom stereocenters. The number of nitrogens with one attached hydrogen (secondary N) is 4. The predicted molar refractivity (Wildman–Crippen MR) is 145 cm³/mol. The van der Waals surface area contributed by atoms with Gasteiger partial charge in [0.1, 0.15) is 5.82 Å². The molecule has 1 saturated heterocycles. The van der Waals surface area contributed by atoms with Crippen molar-refractivity contribution >= 4 is 69.8 Å². The first-order valence-corrected chi connectivity index (χ1v) is 13.6. The van der Waals surface area contributed by atoms with E-state index < -0.39 is 11.3 Å². The number of aromatic nitrogens is 1. The molecule has 1 saturated carbocycles. The van der Waals surface area contributed by atoms with Crippen molar-refractivity contribution in [1.82, 2.24) is 25.8 Å². The molecule has 4 rings (SSSR count). The van der Waals surface area contributed by atoms with Crippen LogP contribution >= 0.6 is 35.6 Å². The number of pyridine rings is 1. The Morgan fingerprint density at radius 2 is 1.97 bits per heavy atom. The number of thioether (sulfide) groups is 1. The van der Waals surface area contributed by atoms with E-state index in [4.69, 9.17) is 23.8 Å². The van der Waals surface area contributed by atoms with Crippen LogP contribution in [0.5, 0.6) is 0 Å². The zero-order valence-electron chi connectivity index (χ0n) is 20.1. The summed E-state index contributed by atoms with van der Waals surface area (Å²) in [5.41, 5.74) is 1.09. The first-order chi connectivity index (χ1) is 17.2. The molecule has 194 valence electrons. The molecule has 1 aromatic rings. The van der Waals surface area contributed by atoms with Gasteiger partial charge in [0.15, 0.2) is 10.4 Å². The van der Waals surface area contributed by atoms with E-state index >= 15 is 0 Å². The van der Waals surface area contributed by atoms with E-state index in [-0.39, 0.29) is 40.1 Å². The summed E-state index contributed by atoms with van der Waals surface area (Å²) in [6.45, 7) is 1.82. The van der Waals surface area contributed by atoms with Crippen LogP contribution in [-0.2, 0) is 14.4 Å². The number of carbonyl (C=O) groups is 3. The number of nitrogens with zero attached hydrogens (tertiary/aromatic N) is 3. The summed E-state index contributed by atoms with van der Waals surface area (Å²) in [5.74, 6) is -0.667. The molecule has 36 heavy (non-hydrogen) atoms. The number of piperidine rings is 1. The highest BCUT2D eigenvalue weighted by Crippen LogP contribution is 2.33. The first-order valence-electron chi connectivity index (χ1n) is 11.9. The Kier molecular flexibility index (Phi) is 8.81. The zero-order chi connectivity index (χ0) is 25.8. The van der Waals surface area contributed by atoms with Crippen LogP contribution in [0.25, 0.3) is 0 Å². The molecule has 10 nitrogen and oxygen atoms in total. The zero-order valence-corrected chi connectivity index (χ0v) is 22.5. The van der Waals surface area contributed by atoms with Crippen LogP contribution in [0.15, 0.2) is 23.3 Å². The third kappa shape index (κ3) is 6.53. The fourth-order valence-electron chi connectivity index (χ4n) is 4.73. The summed E-state index contributed by atoms with van der Waals surface area (Å²) in [7, 11) is 3.68. The van der Waals surface area contributed by atoms with Crippen LogP contribution < -0.4 is 21.3 Å². The quantitative estimate of drug-likeness (QED) is 0.402. The van der Waals surface area contributed by atoms with Crippen molar-refractivity contribution in [2.75, 3.05) is 32.5 Å². The van der Waals surface area contributed by atoms with Crippen molar-refractivity contribution in [2.24, 2.45) is 10.9 Å². The molecule has 2 aliphatic heterocycles. The van der Waals surface area contributed by atoms with Gasteiger partial charge in [-0.25, -0.2) is 4.98 Å². The minimum atomic E-state index is -0.510. The van der Waals surface area contributed by atoms with Gasteiger partial charge in [0.2, 0.25) is 5.91 Å². The van der Waals surface area contributed by atoms with E-state index in [2.05, 4.69) is 43.2 Å². The van der Waals surface area contributed by atoms with Crippen molar-refractivity contribution in [3.8, 4) is 0 Å². The molecule has 0 radical (unpaired) electrons. The maximum Gasteiger partial charge on any atom is 0.284 e. The number of halogens is 1. The number of aliphatic imine (C=N–C) groups is 1. The predicted octanol–water partition coefficient (Wildman–Crippen LogP) is 1.21. The van der Waals surface area contributed by atoms with Crippen molar-refractivity contribution in [3.63, 3.8) is 0 Å². The lowest BCUT2D eigenvalue weighted by Crippen LogP contribution is -2.57. The molecule has 13 heteroatoms. The third-order valence-electron chi connectivity index (χ3n) is 6.69. The van der Waals surface area contributed by atoms with Crippen molar-refractivity contribution in [2.45, 2.75) is 48.4 Å². The molecule has 2 unspecified atom stereocenters. The number of likely N-dealkylation sites (tertiary alicyclic amines) is 1. The molecule has 1 aromatic heterocycles. The lowest BCUT2D eigenvalue weighted by Gasteiger charge is -2.37. The number of hydrogen-bond donors (Lipinski definition) is 4. The number of anilines is 1. The van der Waals surface area contributed by atoms with Gasteiger partial charge >= 0.3 is 0 Å². The highest BCUT2D eigenvalue weighted by Gasteiger charge is 2.40. The molecule has 0 aromatic carbocycles. The van der Waals surface area contributed by atoms with E-state index in [1.807, 2.05) is 0 Å². The smallest absolute Gasteiger partial charge is 0.284 e. The van der Waals surface area contributed by atoms with Gasteiger partial charge in [-0.1, -0.05) is 23.8 Å². The lowest BCUT2D eigenvalue weighted by atomic mass is 9.81. The van der Waals surface area contributed by atoms with Crippen LogP contribution in [0.3, 0.4) is 0 Å². The molecular weight excluding hydrogens is 522 g/mol. The molecule has 3 amide bonds. The highest BCUT2D eigenvalue weighted by atomic mass is 35.5. The molecule has 3 aliphatic rings. The summed E-state index contributed by atoms with van der Waals surface area (Å²) >= 11 is 12.7. The minimum absolute atomic E-state index is 0.0149. The maximum atomic E-state index is 13.2. The van der Waals surface area contributed by atoms with E-state index in [9.17, 15) is 14.4 Å². The van der Waals surface area contributed by atoms with Gasteiger partial charge in [-0.05, 0) is 44.9 Å². The number of fused-ring (bicyclic) bond motifs is 1. The number of carbonyl (C=O) groups excluding carboxylic acids is 3. The molecule has 4 N–H and O–H groups in total. The van der Waals surface area contributed by atoms with Crippen LogP contribution in [0, 0.1) is 5.92 Å². The van der Waals surface area contributed by atoms with Gasteiger partial charge in [-0.15, -0.1) is 11.8 Å². The van der Waals surface area contributed by atoms with Crippen LogP contribution in [-0.4, -0.2) is 88.2 Å². The number of thiocarbonyl (C=S) groups is 1. The van der Waals surface area contributed by atoms with Crippen molar-refractivity contribution in [3.05, 3.63) is 23.4 Å². The van der Waals surface area contributed by atoms with Gasteiger partial charge in [0, 0.05) is 50.0 Å². The summed E-state index contributed by atoms with van der Waals surface area (Å²) in [6, 6.07) is 2.50. The molecule has 3 heterocycles. The van der Waals surface area contributed by atoms with Crippen LogP contribution in [0.4, 0.5) is 5.82 Å². The van der Waals surface area contributed by atoms with E-state index in [0.717, 1.165) is 25.2 Å². The minimum Gasteiger partial charge on any atom is -0.367 e.